The number of aliphatic hydroxyl groups excluding tert-OH is 1. The molecule has 3 heteroatoms. The number of rotatable bonds is 5. The molecule has 4 rings (SSSR count). The van der Waals surface area contributed by atoms with Gasteiger partial charge in [0.1, 0.15) is 0 Å². The standard InChI is InChI=1S/C28H48O3/c1-7-18-14-20-22-9-8-21(17(2)16-26(3,4)25(30)31)27(22,5)13-11-23(20)28(6)12-10-19(29)15-24(18)28/h17-24,29H,7-16H2,1-6H3,(H,30,31). The summed E-state index contributed by atoms with van der Waals surface area (Å²) < 4.78 is 0. The van der Waals surface area contributed by atoms with E-state index in [1.807, 2.05) is 13.8 Å². The molecular weight excluding hydrogens is 384 g/mol. The number of carboxylic acids is 1. The van der Waals surface area contributed by atoms with Gasteiger partial charge in [0.2, 0.25) is 0 Å². The molecule has 0 aliphatic heterocycles. The van der Waals surface area contributed by atoms with E-state index in [0.717, 1.165) is 42.9 Å². The Balaban J connectivity index is 1.57. The summed E-state index contributed by atoms with van der Waals surface area (Å²) in [6.45, 7) is 13.7. The molecule has 178 valence electrons. The Bertz CT molecular complexity index is 686. The number of hydrogen-bond acceptors (Lipinski definition) is 2. The van der Waals surface area contributed by atoms with Crippen molar-refractivity contribution < 1.29 is 15.0 Å². The molecule has 4 aliphatic carbocycles. The van der Waals surface area contributed by atoms with Crippen LogP contribution in [0.15, 0.2) is 0 Å². The summed E-state index contributed by atoms with van der Waals surface area (Å²) in [4.78, 5) is 11.8. The predicted molar refractivity (Wildman–Crippen MR) is 126 cm³/mol. The Morgan fingerprint density at radius 2 is 1.65 bits per heavy atom. The maximum atomic E-state index is 11.8. The number of aliphatic hydroxyl groups is 1. The van der Waals surface area contributed by atoms with E-state index in [2.05, 4.69) is 27.7 Å². The third-order valence-corrected chi connectivity index (χ3v) is 11.5. The second-order valence-corrected chi connectivity index (χ2v) is 13.4. The van der Waals surface area contributed by atoms with Crippen molar-refractivity contribution in [2.45, 2.75) is 112 Å². The smallest absolute Gasteiger partial charge is 0.309 e. The largest absolute Gasteiger partial charge is 0.481 e. The monoisotopic (exact) mass is 432 g/mol. The van der Waals surface area contributed by atoms with Crippen molar-refractivity contribution in [3.63, 3.8) is 0 Å². The predicted octanol–water partition coefficient (Wildman–Crippen LogP) is 6.78. The summed E-state index contributed by atoms with van der Waals surface area (Å²) in [5, 5.41) is 20.1. The molecule has 0 amide bonds. The lowest BCUT2D eigenvalue weighted by Crippen LogP contribution is -2.56. The van der Waals surface area contributed by atoms with Gasteiger partial charge in [0.15, 0.2) is 0 Å². The number of carbonyl (C=O) groups is 1. The van der Waals surface area contributed by atoms with E-state index in [4.69, 9.17) is 0 Å². The van der Waals surface area contributed by atoms with Crippen LogP contribution in [0.3, 0.4) is 0 Å². The summed E-state index contributed by atoms with van der Waals surface area (Å²) in [5.41, 5.74) is 0.164. The lowest BCUT2D eigenvalue weighted by Gasteiger charge is -2.63. The molecule has 3 nitrogen and oxygen atoms in total. The van der Waals surface area contributed by atoms with Crippen LogP contribution in [0.25, 0.3) is 0 Å². The van der Waals surface area contributed by atoms with Crippen LogP contribution in [0.5, 0.6) is 0 Å². The molecular formula is C28H48O3. The Morgan fingerprint density at radius 3 is 2.29 bits per heavy atom. The van der Waals surface area contributed by atoms with Gasteiger partial charge in [-0.25, -0.2) is 0 Å². The van der Waals surface area contributed by atoms with Gasteiger partial charge in [-0.15, -0.1) is 0 Å². The van der Waals surface area contributed by atoms with Gasteiger partial charge in [-0.3, -0.25) is 4.79 Å². The molecule has 0 radical (unpaired) electrons. The lowest BCUT2D eigenvalue weighted by atomic mass is 9.42. The van der Waals surface area contributed by atoms with Crippen molar-refractivity contribution in [2.75, 3.05) is 0 Å². The first-order chi connectivity index (χ1) is 14.4. The lowest BCUT2D eigenvalue weighted by molar-refractivity contribution is -0.155. The van der Waals surface area contributed by atoms with E-state index in [1.54, 1.807) is 0 Å². The summed E-state index contributed by atoms with van der Waals surface area (Å²) >= 11 is 0. The molecule has 0 bridgehead atoms. The van der Waals surface area contributed by atoms with E-state index in [0.29, 0.717) is 28.6 Å². The fraction of sp³-hybridized carbons (Fsp3) is 0.964. The van der Waals surface area contributed by atoms with Crippen LogP contribution in [0.2, 0.25) is 0 Å². The topological polar surface area (TPSA) is 57.5 Å². The summed E-state index contributed by atoms with van der Waals surface area (Å²) in [7, 11) is 0. The normalized spacial score (nSPS) is 48.4. The van der Waals surface area contributed by atoms with Crippen LogP contribution < -0.4 is 0 Å². The van der Waals surface area contributed by atoms with Crippen LogP contribution in [-0.2, 0) is 4.79 Å². The third-order valence-electron chi connectivity index (χ3n) is 11.5. The van der Waals surface area contributed by atoms with Crippen LogP contribution >= 0.6 is 0 Å². The van der Waals surface area contributed by atoms with E-state index in [9.17, 15) is 15.0 Å². The Kier molecular flexibility index (Phi) is 6.11. The van der Waals surface area contributed by atoms with Gasteiger partial charge < -0.3 is 10.2 Å². The van der Waals surface area contributed by atoms with E-state index < -0.39 is 11.4 Å². The van der Waals surface area contributed by atoms with Crippen molar-refractivity contribution in [3.05, 3.63) is 0 Å². The maximum Gasteiger partial charge on any atom is 0.309 e. The van der Waals surface area contributed by atoms with E-state index in [-0.39, 0.29) is 6.10 Å². The highest BCUT2D eigenvalue weighted by Gasteiger charge is 2.62. The number of hydrogen-bond donors (Lipinski definition) is 2. The van der Waals surface area contributed by atoms with E-state index >= 15 is 0 Å². The van der Waals surface area contributed by atoms with E-state index in [1.165, 1.54) is 44.9 Å². The van der Waals surface area contributed by atoms with Crippen LogP contribution in [0.1, 0.15) is 106 Å². The molecule has 4 saturated carbocycles. The second-order valence-electron chi connectivity index (χ2n) is 13.4. The highest BCUT2D eigenvalue weighted by atomic mass is 16.4. The average molecular weight is 433 g/mol. The summed E-state index contributed by atoms with van der Waals surface area (Å²) in [6, 6.07) is 0. The van der Waals surface area contributed by atoms with Gasteiger partial charge in [-0.1, -0.05) is 34.1 Å². The summed E-state index contributed by atoms with van der Waals surface area (Å²) in [6.07, 6.45) is 11.9. The second kappa shape index (κ2) is 8.03. The highest BCUT2D eigenvalue weighted by Crippen LogP contribution is 2.69. The number of fused-ring (bicyclic) bond motifs is 5. The van der Waals surface area contributed by atoms with Gasteiger partial charge in [0, 0.05) is 0 Å². The van der Waals surface area contributed by atoms with Gasteiger partial charge in [0.05, 0.1) is 11.5 Å². The van der Waals surface area contributed by atoms with Crippen molar-refractivity contribution in [1.82, 2.24) is 0 Å². The van der Waals surface area contributed by atoms with Crippen LogP contribution in [0, 0.1) is 57.7 Å². The molecule has 10 unspecified atom stereocenters. The minimum absolute atomic E-state index is 0.0770. The third kappa shape index (κ3) is 3.69. The van der Waals surface area contributed by atoms with Crippen LogP contribution in [-0.4, -0.2) is 22.3 Å². The molecule has 0 heterocycles. The molecule has 4 aliphatic rings. The first kappa shape index (κ1) is 23.6. The molecule has 4 fully saturated rings. The SMILES string of the molecule is CCC1CC2C3CCC(C(C)CC(C)(C)C(=O)O)C3(C)CCC2C2(C)CCC(O)CC12. The Morgan fingerprint density at radius 1 is 1.00 bits per heavy atom. The van der Waals surface area contributed by atoms with Crippen molar-refractivity contribution in [2.24, 2.45) is 57.7 Å². The quantitative estimate of drug-likeness (QED) is 0.503. The van der Waals surface area contributed by atoms with Gasteiger partial charge >= 0.3 is 5.97 Å². The molecule has 0 saturated heterocycles. The minimum atomic E-state index is -0.653. The fourth-order valence-electron chi connectivity index (χ4n) is 9.94. The maximum absolute atomic E-state index is 11.8. The first-order valence-corrected chi connectivity index (χ1v) is 13.4. The van der Waals surface area contributed by atoms with Crippen molar-refractivity contribution in [1.29, 1.82) is 0 Å². The minimum Gasteiger partial charge on any atom is -0.481 e. The first-order valence-electron chi connectivity index (χ1n) is 13.4. The molecule has 0 aromatic heterocycles. The van der Waals surface area contributed by atoms with Gasteiger partial charge in [0.25, 0.3) is 0 Å². The number of carboxylic acid groups (broad SMARTS) is 1. The zero-order chi connectivity index (χ0) is 22.8. The Labute approximate surface area is 190 Å². The average Bonchev–Trinajstić information content (AvgIpc) is 3.05. The molecule has 0 aromatic carbocycles. The highest BCUT2D eigenvalue weighted by molar-refractivity contribution is 5.73. The zero-order valence-electron chi connectivity index (χ0n) is 21.0. The molecule has 31 heavy (non-hydrogen) atoms. The molecule has 2 N–H and O–H groups in total. The summed E-state index contributed by atoms with van der Waals surface area (Å²) in [5.74, 6) is 4.43. The van der Waals surface area contributed by atoms with Gasteiger partial charge in [-0.05, 0) is 124 Å². The molecule has 10 atom stereocenters. The molecule has 0 spiro atoms. The van der Waals surface area contributed by atoms with Crippen LogP contribution in [0.4, 0.5) is 0 Å². The van der Waals surface area contributed by atoms with Gasteiger partial charge in [-0.2, -0.15) is 0 Å². The van der Waals surface area contributed by atoms with Crippen molar-refractivity contribution >= 4 is 5.97 Å². The van der Waals surface area contributed by atoms with Crippen molar-refractivity contribution in [3.8, 4) is 0 Å². The number of aliphatic carboxylic acids is 1. The zero-order valence-corrected chi connectivity index (χ0v) is 21.0. The Hall–Kier alpha value is -0.570. The molecule has 0 aromatic rings. The fourth-order valence-corrected chi connectivity index (χ4v) is 9.94.